The van der Waals surface area contributed by atoms with E-state index in [1.807, 2.05) is 0 Å². The number of amides is 4. The van der Waals surface area contributed by atoms with Crippen LogP contribution in [0.2, 0.25) is 0 Å². The summed E-state index contributed by atoms with van der Waals surface area (Å²) >= 11 is 4.09. The molecule has 0 saturated heterocycles. The molecule has 256 valence electrons. The molecule has 0 radical (unpaired) electrons. The molecule has 1 aromatic rings. The third-order valence-electron chi connectivity index (χ3n) is 6.41. The number of aliphatic hydroxyl groups is 1. The largest absolute Gasteiger partial charge is 0.480 e. The first kappa shape index (κ1) is 39.4. The normalized spacial score (nSPS) is 13.9. The Morgan fingerprint density at radius 3 is 1.72 bits per heavy atom. The fraction of sp³-hybridized carbons (Fsp3) is 0.519. The molecule has 18 nitrogen and oxygen atoms in total. The van der Waals surface area contributed by atoms with E-state index in [0.717, 1.165) is 0 Å². The van der Waals surface area contributed by atoms with Crippen LogP contribution in [0.15, 0.2) is 40.3 Å². The van der Waals surface area contributed by atoms with Crippen LogP contribution in [0.25, 0.3) is 0 Å². The molecule has 0 aliphatic heterocycles. The molecular formula is C27H45N11O7S. The summed E-state index contributed by atoms with van der Waals surface area (Å²) in [7, 11) is 0. The van der Waals surface area contributed by atoms with Gasteiger partial charge in [0.05, 0.1) is 12.6 Å². The van der Waals surface area contributed by atoms with Crippen LogP contribution in [0, 0.1) is 0 Å². The second-order valence-electron chi connectivity index (χ2n) is 10.1. The Kier molecular flexibility index (Phi) is 18.1. The van der Waals surface area contributed by atoms with Crippen molar-refractivity contribution in [2.24, 2.45) is 38.7 Å². The quantitative estimate of drug-likeness (QED) is 0.0256. The summed E-state index contributed by atoms with van der Waals surface area (Å²) in [6.07, 6.45) is 0.821. The molecule has 1 rings (SSSR count). The van der Waals surface area contributed by atoms with Crippen molar-refractivity contribution in [1.82, 2.24) is 21.3 Å². The van der Waals surface area contributed by atoms with Crippen LogP contribution in [-0.4, -0.2) is 107 Å². The molecule has 5 atom stereocenters. The summed E-state index contributed by atoms with van der Waals surface area (Å²) in [4.78, 5) is 71.2. The predicted molar refractivity (Wildman–Crippen MR) is 174 cm³/mol. The molecule has 0 aliphatic carbocycles. The number of hydrogen-bond acceptors (Lipinski definition) is 10. The zero-order valence-corrected chi connectivity index (χ0v) is 26.2. The average molecular weight is 668 g/mol. The summed E-state index contributed by atoms with van der Waals surface area (Å²) < 4.78 is 0. The number of aliphatic carboxylic acids is 1. The van der Waals surface area contributed by atoms with Crippen LogP contribution in [0.3, 0.4) is 0 Å². The number of aliphatic hydroxyl groups excluding tert-OH is 1. The maximum atomic E-state index is 13.2. The first-order valence-corrected chi connectivity index (χ1v) is 15.0. The van der Waals surface area contributed by atoms with Gasteiger partial charge in [0.1, 0.15) is 24.2 Å². The van der Waals surface area contributed by atoms with E-state index in [1.54, 1.807) is 30.3 Å². The number of aliphatic imine (C=N–C) groups is 2. The molecule has 0 unspecified atom stereocenters. The van der Waals surface area contributed by atoms with Crippen LogP contribution in [0.4, 0.5) is 0 Å². The SMILES string of the molecule is NC(N)=NCCC[C@H](NC(=O)[C@H](Cc1ccccc1)NC(=O)[C@H](CO)NC(=O)[C@H](CS)NC(=O)[C@@H](N)CCCN=C(N)N)C(=O)O. The molecule has 1 aromatic carbocycles. The monoisotopic (exact) mass is 667 g/mol. The highest BCUT2D eigenvalue weighted by Gasteiger charge is 2.31. The van der Waals surface area contributed by atoms with Crippen LogP contribution < -0.4 is 49.9 Å². The van der Waals surface area contributed by atoms with Gasteiger partial charge in [-0.05, 0) is 31.2 Å². The number of carbonyl (C=O) groups is 5. The zero-order valence-electron chi connectivity index (χ0n) is 25.3. The minimum Gasteiger partial charge on any atom is -0.480 e. The molecule has 19 heteroatoms. The smallest absolute Gasteiger partial charge is 0.326 e. The lowest BCUT2D eigenvalue weighted by molar-refractivity contribution is -0.142. The molecule has 0 saturated carbocycles. The minimum absolute atomic E-state index is 0.00403. The Morgan fingerprint density at radius 2 is 1.20 bits per heavy atom. The number of carbonyl (C=O) groups excluding carboxylic acids is 4. The Bertz CT molecular complexity index is 1210. The van der Waals surface area contributed by atoms with Crippen molar-refractivity contribution in [3.63, 3.8) is 0 Å². The van der Waals surface area contributed by atoms with Crippen molar-refractivity contribution in [2.75, 3.05) is 25.4 Å². The predicted octanol–water partition coefficient (Wildman–Crippen LogP) is -4.39. The number of rotatable bonds is 21. The molecule has 46 heavy (non-hydrogen) atoms. The van der Waals surface area contributed by atoms with Gasteiger partial charge in [0.2, 0.25) is 23.6 Å². The van der Waals surface area contributed by atoms with Gasteiger partial charge in [-0.1, -0.05) is 30.3 Å². The average Bonchev–Trinajstić information content (AvgIpc) is 3.01. The lowest BCUT2D eigenvalue weighted by Crippen LogP contribution is -2.60. The summed E-state index contributed by atoms with van der Waals surface area (Å²) in [6.45, 7) is -0.465. The van der Waals surface area contributed by atoms with E-state index in [0.29, 0.717) is 12.0 Å². The maximum Gasteiger partial charge on any atom is 0.326 e. The van der Waals surface area contributed by atoms with E-state index < -0.39 is 66.4 Å². The number of benzene rings is 1. The maximum absolute atomic E-state index is 13.2. The molecule has 16 N–H and O–H groups in total. The summed E-state index contributed by atoms with van der Waals surface area (Å²) in [5.41, 5.74) is 27.6. The van der Waals surface area contributed by atoms with Crippen molar-refractivity contribution in [3.8, 4) is 0 Å². The number of guanidine groups is 2. The lowest BCUT2D eigenvalue weighted by Gasteiger charge is -2.25. The number of hydrogen-bond donors (Lipinski definition) is 12. The second-order valence-corrected chi connectivity index (χ2v) is 10.5. The van der Waals surface area contributed by atoms with Crippen LogP contribution >= 0.6 is 12.6 Å². The highest BCUT2D eigenvalue weighted by atomic mass is 32.1. The molecule has 0 fully saturated rings. The number of nitrogens with zero attached hydrogens (tertiary/aromatic N) is 2. The summed E-state index contributed by atoms with van der Waals surface area (Å²) in [6, 6.07) is 2.23. The first-order valence-electron chi connectivity index (χ1n) is 14.3. The number of carboxylic acids is 1. The molecule has 4 amide bonds. The third kappa shape index (κ3) is 15.4. The topological polar surface area (TPSA) is 329 Å². The first-order chi connectivity index (χ1) is 21.8. The molecule has 0 aromatic heterocycles. The molecule has 0 spiro atoms. The number of nitrogens with two attached hydrogens (primary N) is 5. The summed E-state index contributed by atoms with van der Waals surface area (Å²) in [5, 5.41) is 29.2. The van der Waals surface area contributed by atoms with Crippen LogP contribution in [0.1, 0.15) is 31.2 Å². The van der Waals surface area contributed by atoms with Crippen molar-refractivity contribution in [3.05, 3.63) is 35.9 Å². The number of thiol groups is 1. The highest BCUT2D eigenvalue weighted by Crippen LogP contribution is 2.07. The van der Waals surface area contributed by atoms with Gasteiger partial charge in [-0.15, -0.1) is 0 Å². The zero-order chi connectivity index (χ0) is 34.6. The van der Waals surface area contributed by atoms with E-state index in [1.165, 1.54) is 0 Å². The molecule has 0 heterocycles. The fourth-order valence-corrected chi connectivity index (χ4v) is 4.21. The van der Waals surface area contributed by atoms with Crippen molar-refractivity contribution in [1.29, 1.82) is 0 Å². The number of carboxylic acid groups (broad SMARTS) is 1. The Morgan fingerprint density at radius 1 is 0.717 bits per heavy atom. The van der Waals surface area contributed by atoms with Crippen molar-refractivity contribution >= 4 is 54.1 Å². The Hall–Kier alpha value is -4.62. The van der Waals surface area contributed by atoms with Crippen molar-refractivity contribution in [2.45, 2.75) is 62.3 Å². The molecular weight excluding hydrogens is 622 g/mol. The van der Waals surface area contributed by atoms with E-state index in [2.05, 4.69) is 43.9 Å². The standard InChI is InChI=1S/C27H45N11O7S/c28-16(8-4-10-33-26(29)30)21(40)38-20(14-46)24(43)37-19(13-39)23(42)36-18(12-15-6-2-1-3-7-15)22(41)35-17(25(44)45)9-5-11-34-27(31)32/h1-3,6-7,16-20,39,46H,4-5,8-14,28H2,(H,35,41)(H,36,42)(H,37,43)(H,38,40)(H,44,45)(H4,29,30,33)(H4,31,32,34)/t16-,17-,18-,19-,20-/m0/s1. The van der Waals surface area contributed by atoms with Gasteiger partial charge in [0.15, 0.2) is 11.9 Å². The molecule has 0 bridgehead atoms. The van der Waals surface area contributed by atoms with Crippen LogP contribution in [-0.2, 0) is 30.4 Å². The van der Waals surface area contributed by atoms with Gasteiger partial charge >= 0.3 is 5.97 Å². The highest BCUT2D eigenvalue weighted by molar-refractivity contribution is 7.80. The van der Waals surface area contributed by atoms with E-state index in [-0.39, 0.29) is 56.4 Å². The minimum atomic E-state index is -1.54. The van der Waals surface area contributed by atoms with Crippen LogP contribution in [0.5, 0.6) is 0 Å². The van der Waals surface area contributed by atoms with Gasteiger partial charge in [0, 0.05) is 25.3 Å². The summed E-state index contributed by atoms with van der Waals surface area (Å²) in [5.74, 6) is -4.99. The van der Waals surface area contributed by atoms with Crippen molar-refractivity contribution < 1.29 is 34.2 Å². The second kappa shape index (κ2) is 21.2. The van der Waals surface area contributed by atoms with E-state index in [4.69, 9.17) is 28.7 Å². The van der Waals surface area contributed by atoms with Gasteiger partial charge in [-0.25, -0.2) is 4.79 Å². The van der Waals surface area contributed by atoms with E-state index >= 15 is 0 Å². The fourth-order valence-electron chi connectivity index (χ4n) is 3.95. The van der Waals surface area contributed by atoms with Gasteiger partial charge < -0.3 is 60.1 Å². The Labute approximate surface area is 271 Å². The van der Waals surface area contributed by atoms with Gasteiger partial charge in [-0.3, -0.25) is 29.2 Å². The Balaban J connectivity index is 2.96. The molecule has 0 aliphatic rings. The lowest BCUT2D eigenvalue weighted by atomic mass is 10.0. The van der Waals surface area contributed by atoms with Gasteiger partial charge in [-0.2, -0.15) is 12.6 Å². The number of nitrogens with one attached hydrogen (secondary N) is 4. The van der Waals surface area contributed by atoms with Gasteiger partial charge in [0.25, 0.3) is 0 Å². The third-order valence-corrected chi connectivity index (χ3v) is 6.78. The van der Waals surface area contributed by atoms with E-state index in [9.17, 15) is 34.2 Å².